The van der Waals surface area contributed by atoms with Gasteiger partial charge >= 0.3 is 0 Å². The van der Waals surface area contributed by atoms with Crippen LogP contribution in [0.1, 0.15) is 5.56 Å². The highest BCUT2D eigenvalue weighted by atomic mass is 32.2. The summed E-state index contributed by atoms with van der Waals surface area (Å²) >= 11 is 1.89. The smallest absolute Gasteiger partial charge is 0.0717 e. The van der Waals surface area contributed by atoms with Crippen molar-refractivity contribution in [3.8, 4) is 0 Å². The fourth-order valence-electron chi connectivity index (χ4n) is 1.34. The van der Waals surface area contributed by atoms with E-state index >= 15 is 0 Å². The zero-order valence-electron chi connectivity index (χ0n) is 10.2. The summed E-state index contributed by atoms with van der Waals surface area (Å²) in [7, 11) is 0. The van der Waals surface area contributed by atoms with Crippen LogP contribution in [0.3, 0.4) is 0 Å². The second-order valence-corrected chi connectivity index (χ2v) is 4.80. The van der Waals surface area contributed by atoms with Crippen LogP contribution in [-0.4, -0.2) is 31.2 Å². The maximum absolute atomic E-state index is 5.56. The maximum atomic E-state index is 5.56. The van der Waals surface area contributed by atoms with Crippen LogP contribution in [0.2, 0.25) is 0 Å². The van der Waals surface area contributed by atoms with Gasteiger partial charge in [-0.1, -0.05) is 36.4 Å². The summed E-state index contributed by atoms with van der Waals surface area (Å²) in [4.78, 5) is 0. The van der Waals surface area contributed by atoms with E-state index in [0.717, 1.165) is 31.2 Å². The van der Waals surface area contributed by atoms with Crippen molar-refractivity contribution in [3.05, 3.63) is 48.6 Å². The molecule has 0 fully saturated rings. The molecule has 1 rings (SSSR count). The fourth-order valence-corrected chi connectivity index (χ4v) is 1.97. The molecule has 3 heteroatoms. The maximum Gasteiger partial charge on any atom is 0.0717 e. The lowest BCUT2D eigenvalue weighted by atomic mass is 10.2. The Balaban J connectivity index is 1.86. The van der Waals surface area contributed by atoms with Crippen LogP contribution in [-0.2, 0) is 11.3 Å². The molecule has 2 nitrogen and oxygen atoms in total. The normalized spacial score (nSPS) is 10.4. The standard InChI is InChI=1S/C14H21NOS/c1-2-11-17-12-9-15-8-10-16-13-14-6-4-3-5-7-14/h2-7,15H,1,8-13H2. The Labute approximate surface area is 108 Å². The van der Waals surface area contributed by atoms with E-state index in [-0.39, 0.29) is 0 Å². The van der Waals surface area contributed by atoms with Crippen molar-refractivity contribution in [2.45, 2.75) is 6.61 Å². The summed E-state index contributed by atoms with van der Waals surface area (Å²) in [6, 6.07) is 10.3. The van der Waals surface area contributed by atoms with Gasteiger partial charge in [-0.25, -0.2) is 0 Å². The lowest BCUT2D eigenvalue weighted by Gasteiger charge is -2.05. The van der Waals surface area contributed by atoms with Gasteiger partial charge in [0, 0.05) is 24.6 Å². The minimum Gasteiger partial charge on any atom is -0.375 e. The highest BCUT2D eigenvalue weighted by molar-refractivity contribution is 7.99. The third-order valence-electron chi connectivity index (χ3n) is 2.19. The number of ether oxygens (including phenoxy) is 1. The second-order valence-electron chi connectivity index (χ2n) is 3.65. The zero-order valence-corrected chi connectivity index (χ0v) is 11.0. The number of benzene rings is 1. The molecule has 0 unspecified atom stereocenters. The Hall–Kier alpha value is -0.770. The first-order valence-corrected chi connectivity index (χ1v) is 7.10. The van der Waals surface area contributed by atoms with Gasteiger partial charge < -0.3 is 10.1 Å². The van der Waals surface area contributed by atoms with Crippen molar-refractivity contribution in [2.75, 3.05) is 31.2 Å². The fraction of sp³-hybridized carbons (Fsp3) is 0.429. The molecule has 0 saturated heterocycles. The number of rotatable bonds is 10. The first-order valence-electron chi connectivity index (χ1n) is 5.94. The minimum atomic E-state index is 0.702. The summed E-state index contributed by atoms with van der Waals surface area (Å²) in [6.07, 6.45) is 1.94. The van der Waals surface area contributed by atoms with Crippen molar-refractivity contribution >= 4 is 11.8 Å². The van der Waals surface area contributed by atoms with Gasteiger partial charge in [-0.05, 0) is 5.56 Å². The van der Waals surface area contributed by atoms with Crippen molar-refractivity contribution in [1.29, 1.82) is 0 Å². The number of nitrogens with one attached hydrogen (secondary N) is 1. The van der Waals surface area contributed by atoms with Crippen molar-refractivity contribution in [1.82, 2.24) is 5.32 Å². The molecular formula is C14H21NOS. The van der Waals surface area contributed by atoms with Gasteiger partial charge in [-0.15, -0.1) is 6.58 Å². The molecular weight excluding hydrogens is 230 g/mol. The molecule has 1 aromatic carbocycles. The lowest BCUT2D eigenvalue weighted by molar-refractivity contribution is 0.123. The lowest BCUT2D eigenvalue weighted by Crippen LogP contribution is -2.22. The third kappa shape index (κ3) is 8.02. The highest BCUT2D eigenvalue weighted by Gasteiger charge is 1.92. The molecule has 0 spiro atoms. The van der Waals surface area contributed by atoms with Crippen molar-refractivity contribution in [3.63, 3.8) is 0 Å². The molecule has 0 amide bonds. The van der Waals surface area contributed by atoms with E-state index in [2.05, 4.69) is 24.0 Å². The Bertz CT molecular complexity index is 290. The van der Waals surface area contributed by atoms with E-state index in [1.165, 1.54) is 5.56 Å². The van der Waals surface area contributed by atoms with E-state index in [9.17, 15) is 0 Å². The monoisotopic (exact) mass is 251 g/mol. The average molecular weight is 251 g/mol. The largest absolute Gasteiger partial charge is 0.375 e. The Morgan fingerprint density at radius 2 is 2.06 bits per heavy atom. The molecule has 0 aliphatic carbocycles. The predicted octanol–water partition coefficient (Wildman–Crippen LogP) is 2.71. The topological polar surface area (TPSA) is 21.3 Å². The average Bonchev–Trinajstić information content (AvgIpc) is 2.38. The summed E-state index contributed by atoms with van der Waals surface area (Å²) in [5, 5.41) is 3.35. The van der Waals surface area contributed by atoms with Crippen molar-refractivity contribution < 1.29 is 4.74 Å². The van der Waals surface area contributed by atoms with Gasteiger partial charge in [0.15, 0.2) is 0 Å². The molecule has 1 aromatic rings. The van der Waals surface area contributed by atoms with Crippen LogP contribution in [0, 0.1) is 0 Å². The molecule has 0 aromatic heterocycles. The van der Waals surface area contributed by atoms with E-state index in [1.54, 1.807) is 0 Å². The quantitative estimate of drug-likeness (QED) is 0.510. The van der Waals surface area contributed by atoms with Crippen LogP contribution < -0.4 is 5.32 Å². The van der Waals surface area contributed by atoms with Crippen LogP contribution in [0.15, 0.2) is 43.0 Å². The molecule has 0 radical (unpaired) electrons. The van der Waals surface area contributed by atoms with Crippen LogP contribution in [0.5, 0.6) is 0 Å². The number of thioether (sulfide) groups is 1. The molecule has 17 heavy (non-hydrogen) atoms. The van der Waals surface area contributed by atoms with Gasteiger partial charge in [0.05, 0.1) is 13.2 Å². The Kier molecular flexibility index (Phi) is 8.73. The summed E-state index contributed by atoms with van der Waals surface area (Å²) in [6.45, 7) is 7.11. The van der Waals surface area contributed by atoms with Gasteiger partial charge in [-0.2, -0.15) is 11.8 Å². The SMILES string of the molecule is C=CCSCCNCCOCc1ccccc1. The molecule has 0 heterocycles. The van der Waals surface area contributed by atoms with Crippen molar-refractivity contribution in [2.24, 2.45) is 0 Å². The zero-order chi connectivity index (χ0) is 12.2. The number of hydrogen-bond acceptors (Lipinski definition) is 3. The molecule has 1 N–H and O–H groups in total. The van der Waals surface area contributed by atoms with E-state index in [0.29, 0.717) is 6.61 Å². The molecule has 94 valence electrons. The van der Waals surface area contributed by atoms with Crippen LogP contribution in [0.25, 0.3) is 0 Å². The predicted molar refractivity (Wildman–Crippen MR) is 76.5 cm³/mol. The van der Waals surface area contributed by atoms with Gasteiger partial charge in [0.25, 0.3) is 0 Å². The summed E-state index contributed by atoms with van der Waals surface area (Å²) in [5.41, 5.74) is 1.23. The van der Waals surface area contributed by atoms with Crippen LogP contribution >= 0.6 is 11.8 Å². The van der Waals surface area contributed by atoms with E-state index < -0.39 is 0 Å². The van der Waals surface area contributed by atoms with Gasteiger partial charge in [0.2, 0.25) is 0 Å². The molecule has 0 aliphatic heterocycles. The second kappa shape index (κ2) is 10.4. The molecule has 0 bridgehead atoms. The van der Waals surface area contributed by atoms with Gasteiger partial charge in [-0.3, -0.25) is 0 Å². The summed E-state index contributed by atoms with van der Waals surface area (Å²) in [5.74, 6) is 2.16. The van der Waals surface area contributed by atoms with Crippen LogP contribution in [0.4, 0.5) is 0 Å². The van der Waals surface area contributed by atoms with E-state index in [4.69, 9.17) is 4.74 Å². The first-order chi connectivity index (χ1) is 8.43. The molecule has 0 aliphatic rings. The molecule has 0 saturated carbocycles. The Morgan fingerprint density at radius 1 is 1.24 bits per heavy atom. The van der Waals surface area contributed by atoms with E-state index in [1.807, 2.05) is 36.0 Å². The minimum absolute atomic E-state index is 0.702. The number of hydrogen-bond donors (Lipinski definition) is 1. The summed E-state index contributed by atoms with van der Waals surface area (Å²) < 4.78 is 5.56. The molecule has 0 atom stereocenters. The first kappa shape index (κ1) is 14.3. The highest BCUT2D eigenvalue weighted by Crippen LogP contribution is 2.00. The third-order valence-corrected chi connectivity index (χ3v) is 3.16. The Morgan fingerprint density at radius 3 is 2.82 bits per heavy atom. The van der Waals surface area contributed by atoms with Gasteiger partial charge in [0.1, 0.15) is 0 Å².